The van der Waals surface area contributed by atoms with Crippen LogP contribution >= 0.6 is 33.9 Å². The van der Waals surface area contributed by atoms with E-state index in [-0.39, 0.29) is 5.91 Å². The van der Waals surface area contributed by atoms with Crippen molar-refractivity contribution in [3.8, 4) is 11.5 Å². The van der Waals surface area contributed by atoms with Gasteiger partial charge < -0.3 is 14.8 Å². The first-order valence-electron chi connectivity index (χ1n) is 8.09. The second kappa shape index (κ2) is 8.37. The van der Waals surface area contributed by atoms with Crippen LogP contribution in [0.4, 0.5) is 0 Å². The average Bonchev–Trinajstić information content (AvgIpc) is 3.09. The molecule has 1 amide bonds. The molecule has 1 aromatic carbocycles. The summed E-state index contributed by atoms with van der Waals surface area (Å²) in [5.41, 5.74) is 2.04. The summed E-state index contributed by atoms with van der Waals surface area (Å²) in [6.07, 6.45) is 1.11. The van der Waals surface area contributed by atoms with Crippen LogP contribution in [0.15, 0.2) is 23.6 Å². The van der Waals surface area contributed by atoms with Crippen LogP contribution in [-0.4, -0.2) is 44.7 Å². The van der Waals surface area contributed by atoms with Gasteiger partial charge in [0.05, 0.1) is 19.8 Å². The molecule has 1 aromatic heterocycles. The van der Waals surface area contributed by atoms with Gasteiger partial charge in [-0.3, -0.25) is 9.69 Å². The van der Waals surface area contributed by atoms with Gasteiger partial charge in [-0.25, -0.2) is 0 Å². The molecule has 2 aromatic rings. The second-order valence-corrected chi connectivity index (χ2v) is 8.00. The van der Waals surface area contributed by atoms with Crippen molar-refractivity contribution in [3.63, 3.8) is 0 Å². The highest BCUT2D eigenvalue weighted by atomic mass is 127. The number of rotatable bonds is 6. The van der Waals surface area contributed by atoms with E-state index < -0.39 is 0 Å². The van der Waals surface area contributed by atoms with Gasteiger partial charge in [0, 0.05) is 34.6 Å². The number of carbonyl (C=O) groups excluding carboxylic acids is 1. The minimum absolute atomic E-state index is 0.0846. The number of halogens is 1. The molecule has 0 saturated heterocycles. The second-order valence-electron chi connectivity index (χ2n) is 5.84. The van der Waals surface area contributed by atoms with Gasteiger partial charge >= 0.3 is 0 Å². The van der Waals surface area contributed by atoms with E-state index in [2.05, 4.69) is 44.3 Å². The normalized spacial score (nSPS) is 14.0. The van der Waals surface area contributed by atoms with Gasteiger partial charge in [-0.1, -0.05) is 0 Å². The zero-order valence-corrected chi connectivity index (χ0v) is 17.3. The van der Waals surface area contributed by atoms with Gasteiger partial charge in [0.2, 0.25) is 0 Å². The maximum atomic E-state index is 12.5. The highest BCUT2D eigenvalue weighted by molar-refractivity contribution is 14.1. The number of nitrogens with zero attached hydrogens (tertiary/aromatic N) is 1. The van der Waals surface area contributed by atoms with Crippen molar-refractivity contribution < 1.29 is 14.3 Å². The van der Waals surface area contributed by atoms with Gasteiger partial charge in [-0.2, -0.15) is 0 Å². The van der Waals surface area contributed by atoms with Gasteiger partial charge in [0.15, 0.2) is 11.5 Å². The van der Waals surface area contributed by atoms with E-state index in [1.54, 1.807) is 20.3 Å². The molecule has 0 spiro atoms. The molecule has 0 fully saturated rings. The van der Waals surface area contributed by atoms with Crippen LogP contribution < -0.4 is 14.8 Å². The molecule has 1 N–H and O–H groups in total. The molecule has 0 bridgehead atoms. The number of fused-ring (bicyclic) bond motifs is 1. The first-order chi connectivity index (χ1) is 12.1. The molecule has 3 rings (SSSR count). The van der Waals surface area contributed by atoms with E-state index in [1.165, 1.54) is 10.4 Å². The molecule has 1 aliphatic rings. The van der Waals surface area contributed by atoms with Crippen molar-refractivity contribution >= 4 is 39.8 Å². The minimum atomic E-state index is -0.0846. The molecule has 0 radical (unpaired) electrons. The third kappa shape index (κ3) is 4.27. The summed E-state index contributed by atoms with van der Waals surface area (Å²) < 4.78 is 11.4. The number of ether oxygens (including phenoxy) is 2. The summed E-state index contributed by atoms with van der Waals surface area (Å²) in [6.45, 7) is 3.51. The van der Waals surface area contributed by atoms with E-state index in [4.69, 9.17) is 9.47 Å². The molecular formula is C18H21IN2O3S. The molecule has 5 nitrogen and oxygen atoms in total. The Morgan fingerprint density at radius 1 is 1.32 bits per heavy atom. The topological polar surface area (TPSA) is 50.8 Å². The third-order valence-corrected chi connectivity index (χ3v) is 6.23. The van der Waals surface area contributed by atoms with Gasteiger partial charge in [0.1, 0.15) is 0 Å². The molecule has 25 heavy (non-hydrogen) atoms. The monoisotopic (exact) mass is 472 g/mol. The Kier molecular flexibility index (Phi) is 6.19. The number of benzene rings is 1. The summed E-state index contributed by atoms with van der Waals surface area (Å²) in [7, 11) is 3.16. The Labute approximate surface area is 165 Å². The fourth-order valence-corrected chi connectivity index (χ4v) is 4.52. The summed E-state index contributed by atoms with van der Waals surface area (Å²) >= 11 is 3.99. The fraction of sp³-hybridized carbons (Fsp3) is 0.389. The van der Waals surface area contributed by atoms with Gasteiger partial charge in [0.25, 0.3) is 5.91 Å². The van der Waals surface area contributed by atoms with Crippen molar-refractivity contribution in [1.82, 2.24) is 10.2 Å². The first-order valence-corrected chi connectivity index (χ1v) is 10.1. The predicted molar refractivity (Wildman–Crippen MR) is 108 cm³/mol. The Balaban J connectivity index is 1.56. The number of amides is 1. The van der Waals surface area contributed by atoms with Crippen molar-refractivity contribution in [2.45, 2.75) is 13.0 Å². The van der Waals surface area contributed by atoms with Gasteiger partial charge in [-0.15, -0.1) is 11.3 Å². The Morgan fingerprint density at radius 2 is 2.08 bits per heavy atom. The number of hydrogen-bond acceptors (Lipinski definition) is 5. The zero-order chi connectivity index (χ0) is 17.8. The lowest BCUT2D eigenvalue weighted by Crippen LogP contribution is -2.37. The summed E-state index contributed by atoms with van der Waals surface area (Å²) in [4.78, 5) is 16.4. The highest BCUT2D eigenvalue weighted by Crippen LogP contribution is 2.31. The maximum Gasteiger partial charge on any atom is 0.252 e. The number of thiophene rings is 1. The number of methoxy groups -OCH3 is 2. The lowest BCUT2D eigenvalue weighted by atomic mass is 10.1. The maximum absolute atomic E-state index is 12.5. The lowest BCUT2D eigenvalue weighted by Gasteiger charge is -2.26. The molecule has 0 unspecified atom stereocenters. The van der Waals surface area contributed by atoms with Crippen molar-refractivity contribution in [2.75, 3.05) is 33.9 Å². The van der Waals surface area contributed by atoms with Crippen molar-refractivity contribution in [1.29, 1.82) is 0 Å². The molecule has 134 valence electrons. The van der Waals surface area contributed by atoms with E-state index in [0.717, 1.165) is 29.6 Å². The standard InChI is InChI=1S/C18H21IN2O3S/c1-23-15-9-13(14(19)10-16(15)24-2)18(22)20-5-7-21-6-3-17-12(11-21)4-8-25-17/h4,8-10H,3,5-7,11H2,1-2H3,(H,20,22). The molecule has 1 aliphatic heterocycles. The third-order valence-electron chi connectivity index (χ3n) is 4.32. The van der Waals surface area contributed by atoms with Crippen molar-refractivity contribution in [2.24, 2.45) is 0 Å². The summed E-state index contributed by atoms with van der Waals surface area (Å²) in [5, 5.41) is 5.18. The zero-order valence-electron chi connectivity index (χ0n) is 14.3. The van der Waals surface area contributed by atoms with E-state index >= 15 is 0 Å². The van der Waals surface area contributed by atoms with Crippen LogP contribution in [-0.2, 0) is 13.0 Å². The average molecular weight is 472 g/mol. The lowest BCUT2D eigenvalue weighted by molar-refractivity contribution is 0.0946. The quantitative estimate of drug-likeness (QED) is 0.657. The van der Waals surface area contributed by atoms with Gasteiger partial charge in [-0.05, 0) is 58.2 Å². The Hall–Kier alpha value is -1.32. The highest BCUT2D eigenvalue weighted by Gasteiger charge is 2.18. The molecule has 2 heterocycles. The van der Waals surface area contributed by atoms with E-state index in [9.17, 15) is 4.79 Å². The minimum Gasteiger partial charge on any atom is -0.493 e. The van der Waals surface area contributed by atoms with Crippen LogP contribution in [0.3, 0.4) is 0 Å². The van der Waals surface area contributed by atoms with Crippen LogP contribution in [0.2, 0.25) is 0 Å². The SMILES string of the molecule is COc1cc(I)c(C(=O)NCCN2CCc3sccc3C2)cc1OC. The molecular weight excluding hydrogens is 451 g/mol. The number of carbonyl (C=O) groups is 1. The number of hydrogen-bond donors (Lipinski definition) is 1. The molecule has 7 heteroatoms. The van der Waals surface area contributed by atoms with E-state index in [1.807, 2.05) is 17.4 Å². The Bertz CT molecular complexity index is 763. The molecule has 0 atom stereocenters. The molecule has 0 saturated carbocycles. The van der Waals surface area contributed by atoms with Crippen LogP contribution in [0, 0.1) is 3.57 Å². The number of nitrogens with one attached hydrogen (secondary N) is 1. The smallest absolute Gasteiger partial charge is 0.252 e. The largest absolute Gasteiger partial charge is 0.493 e. The van der Waals surface area contributed by atoms with Crippen LogP contribution in [0.5, 0.6) is 11.5 Å². The van der Waals surface area contributed by atoms with Crippen molar-refractivity contribution in [3.05, 3.63) is 43.2 Å². The Morgan fingerprint density at radius 3 is 2.84 bits per heavy atom. The summed E-state index contributed by atoms with van der Waals surface area (Å²) in [5.74, 6) is 1.11. The fourth-order valence-electron chi connectivity index (χ4n) is 2.95. The molecule has 0 aliphatic carbocycles. The van der Waals surface area contributed by atoms with E-state index in [0.29, 0.717) is 23.6 Å². The first kappa shape index (κ1) is 18.5. The van der Waals surface area contributed by atoms with Crippen LogP contribution in [0.25, 0.3) is 0 Å². The van der Waals surface area contributed by atoms with Crippen LogP contribution in [0.1, 0.15) is 20.8 Å². The predicted octanol–water partition coefficient (Wildman–Crippen LogP) is 3.16. The summed E-state index contributed by atoms with van der Waals surface area (Å²) in [6, 6.07) is 5.75.